The summed E-state index contributed by atoms with van der Waals surface area (Å²) < 4.78 is 5.94. The Balaban J connectivity index is 1.31. The molecule has 4 rings (SSSR count). The predicted octanol–water partition coefficient (Wildman–Crippen LogP) is 2.35. The summed E-state index contributed by atoms with van der Waals surface area (Å²) in [4.78, 5) is 50.4. The molecule has 4 atom stereocenters. The lowest BCUT2D eigenvalue weighted by Crippen LogP contribution is -2.38. The molecule has 0 spiro atoms. The lowest BCUT2D eigenvalue weighted by atomic mass is 9.85. The van der Waals surface area contributed by atoms with Crippen LogP contribution in [0.25, 0.3) is 0 Å². The number of hydrogen-bond donors (Lipinski definition) is 1. The highest BCUT2D eigenvalue weighted by Gasteiger charge is 2.59. The van der Waals surface area contributed by atoms with Crippen molar-refractivity contribution >= 4 is 45.3 Å². The van der Waals surface area contributed by atoms with Crippen molar-refractivity contribution in [2.45, 2.75) is 20.3 Å². The van der Waals surface area contributed by atoms with Crippen LogP contribution in [-0.2, 0) is 23.9 Å². The minimum atomic E-state index is -0.772. The van der Waals surface area contributed by atoms with E-state index in [-0.39, 0.29) is 35.5 Å². The van der Waals surface area contributed by atoms with Gasteiger partial charge < -0.3 is 10.1 Å². The Morgan fingerprint density at radius 3 is 2.34 bits per heavy atom. The number of carbonyl (C=O) groups excluding carboxylic acids is 4. The summed E-state index contributed by atoms with van der Waals surface area (Å²) in [6, 6.07) is 3.59. The van der Waals surface area contributed by atoms with Gasteiger partial charge in [-0.1, -0.05) is 28.1 Å². The first-order valence-electron chi connectivity index (χ1n) is 9.52. The summed E-state index contributed by atoms with van der Waals surface area (Å²) in [5.41, 5.74) is 2.54. The second kappa shape index (κ2) is 7.40. The largest absolute Gasteiger partial charge is 0.454 e. The molecule has 2 aliphatic carbocycles. The van der Waals surface area contributed by atoms with Crippen LogP contribution in [0, 0.1) is 37.5 Å². The highest BCUT2D eigenvalue weighted by Crippen LogP contribution is 2.52. The van der Waals surface area contributed by atoms with Crippen molar-refractivity contribution in [2.24, 2.45) is 23.7 Å². The van der Waals surface area contributed by atoms with E-state index in [1.54, 1.807) is 6.07 Å². The van der Waals surface area contributed by atoms with Crippen molar-refractivity contribution in [3.63, 3.8) is 0 Å². The number of fused-ring (bicyclic) bond motifs is 5. The second-order valence-electron chi connectivity index (χ2n) is 7.82. The van der Waals surface area contributed by atoms with Crippen LogP contribution in [0.1, 0.15) is 17.5 Å². The molecule has 1 aliphatic heterocycles. The lowest BCUT2D eigenvalue weighted by molar-refractivity contribution is -0.154. The number of nitrogens with one attached hydrogen (secondary N) is 1. The van der Waals surface area contributed by atoms with Crippen LogP contribution < -0.4 is 5.32 Å². The monoisotopic (exact) mass is 460 g/mol. The van der Waals surface area contributed by atoms with Gasteiger partial charge in [0.1, 0.15) is 6.54 Å². The number of halogens is 1. The molecule has 0 aromatic heterocycles. The number of nitrogens with zero attached hydrogens (tertiary/aromatic N) is 1. The van der Waals surface area contributed by atoms with Crippen molar-refractivity contribution in [2.75, 3.05) is 18.5 Å². The summed E-state index contributed by atoms with van der Waals surface area (Å²) >= 11 is 3.43. The maximum atomic E-state index is 12.6. The number of anilines is 1. The smallest absolute Gasteiger partial charge is 0.326 e. The van der Waals surface area contributed by atoms with Crippen LogP contribution in [-0.4, -0.2) is 41.7 Å². The second-order valence-corrected chi connectivity index (χ2v) is 8.67. The van der Waals surface area contributed by atoms with E-state index < -0.39 is 25.0 Å². The molecule has 1 N–H and O–H groups in total. The molecule has 2 bridgehead atoms. The summed E-state index contributed by atoms with van der Waals surface area (Å²) in [6.45, 7) is 2.87. The third-order valence-corrected chi connectivity index (χ3v) is 7.07. The number of likely N-dealkylation sites (tertiary alicyclic amines) is 1. The Kier molecular flexibility index (Phi) is 5.06. The molecule has 3 amide bonds. The molecule has 1 aromatic rings. The first-order chi connectivity index (χ1) is 13.8. The van der Waals surface area contributed by atoms with Gasteiger partial charge in [-0.15, -0.1) is 0 Å². The Morgan fingerprint density at radius 1 is 1.10 bits per heavy atom. The molecule has 1 saturated carbocycles. The average molecular weight is 461 g/mol. The van der Waals surface area contributed by atoms with Crippen LogP contribution >= 0.6 is 15.9 Å². The van der Waals surface area contributed by atoms with Crippen molar-refractivity contribution in [1.29, 1.82) is 0 Å². The molecule has 1 aromatic carbocycles. The van der Waals surface area contributed by atoms with E-state index in [2.05, 4.69) is 21.2 Å². The van der Waals surface area contributed by atoms with Gasteiger partial charge >= 0.3 is 5.97 Å². The van der Waals surface area contributed by atoms with Crippen LogP contribution in [0.2, 0.25) is 0 Å². The molecule has 1 saturated heterocycles. The average Bonchev–Trinajstić information content (AvgIpc) is 3.37. The van der Waals surface area contributed by atoms with E-state index in [0.29, 0.717) is 5.69 Å². The van der Waals surface area contributed by atoms with E-state index in [1.165, 1.54) is 0 Å². The maximum absolute atomic E-state index is 12.6. The third kappa shape index (κ3) is 3.39. The highest BCUT2D eigenvalue weighted by molar-refractivity contribution is 9.10. The zero-order valence-corrected chi connectivity index (χ0v) is 17.7. The number of benzene rings is 1. The number of carbonyl (C=O) groups is 4. The predicted molar refractivity (Wildman–Crippen MR) is 108 cm³/mol. The molecule has 0 radical (unpaired) electrons. The van der Waals surface area contributed by atoms with Gasteiger partial charge in [-0.25, -0.2) is 0 Å². The first kappa shape index (κ1) is 19.8. The zero-order valence-electron chi connectivity index (χ0n) is 16.1. The quantitative estimate of drug-likeness (QED) is 0.413. The first-order valence-corrected chi connectivity index (χ1v) is 10.3. The van der Waals surface area contributed by atoms with Gasteiger partial charge in [-0.3, -0.25) is 24.1 Å². The molecule has 29 heavy (non-hydrogen) atoms. The van der Waals surface area contributed by atoms with Crippen LogP contribution in [0.15, 0.2) is 28.8 Å². The van der Waals surface area contributed by atoms with E-state index in [4.69, 9.17) is 4.74 Å². The molecule has 152 valence electrons. The summed E-state index contributed by atoms with van der Waals surface area (Å²) in [6.07, 6.45) is 4.82. The van der Waals surface area contributed by atoms with Gasteiger partial charge in [0.05, 0.1) is 11.8 Å². The van der Waals surface area contributed by atoms with E-state index >= 15 is 0 Å². The van der Waals surface area contributed by atoms with Crippen molar-refractivity contribution < 1.29 is 23.9 Å². The molecular formula is C21H21BrN2O5. The number of esters is 1. The molecule has 1 heterocycles. The molecule has 0 unspecified atom stereocenters. The number of amides is 3. The maximum Gasteiger partial charge on any atom is 0.326 e. The fourth-order valence-corrected chi connectivity index (χ4v) is 4.98. The molecule has 7 nitrogen and oxygen atoms in total. The van der Waals surface area contributed by atoms with E-state index in [0.717, 1.165) is 26.9 Å². The fraction of sp³-hybridized carbons (Fsp3) is 0.429. The Bertz CT molecular complexity index is 927. The number of allylic oxidation sites excluding steroid dienone is 2. The molecule has 3 aliphatic rings. The summed E-state index contributed by atoms with van der Waals surface area (Å²) in [5.74, 6) is -2.39. The standard InChI is InChI=1S/C21H21BrN2O5/c1-10-11(2)15(6-5-14(10)22)23-16(25)9-29-17(26)8-24-20(27)18-12-3-4-13(7-12)19(18)21(24)28/h3-6,12-13,18-19H,7-9H2,1-2H3,(H,23,25)/t12-,13-,18+,19+/m0/s1. The Morgan fingerprint density at radius 2 is 1.72 bits per heavy atom. The van der Waals surface area contributed by atoms with Gasteiger partial charge in [0, 0.05) is 10.2 Å². The third-order valence-electron chi connectivity index (χ3n) is 6.21. The molecular weight excluding hydrogens is 440 g/mol. The van der Waals surface area contributed by atoms with Gasteiger partial charge in [0.2, 0.25) is 11.8 Å². The summed E-state index contributed by atoms with van der Waals surface area (Å²) in [7, 11) is 0. The van der Waals surface area contributed by atoms with Gasteiger partial charge in [0.25, 0.3) is 5.91 Å². The van der Waals surface area contributed by atoms with Crippen LogP contribution in [0.4, 0.5) is 5.69 Å². The lowest BCUT2D eigenvalue weighted by Gasteiger charge is -2.16. The van der Waals surface area contributed by atoms with Crippen LogP contribution in [0.3, 0.4) is 0 Å². The van der Waals surface area contributed by atoms with E-state index in [9.17, 15) is 19.2 Å². The van der Waals surface area contributed by atoms with Gasteiger partial charge in [0.15, 0.2) is 6.61 Å². The normalized spacial score (nSPS) is 26.8. The Hall–Kier alpha value is -2.48. The van der Waals surface area contributed by atoms with Gasteiger partial charge in [-0.2, -0.15) is 0 Å². The van der Waals surface area contributed by atoms with Crippen molar-refractivity contribution in [3.8, 4) is 0 Å². The number of imide groups is 1. The minimum Gasteiger partial charge on any atom is -0.454 e. The minimum absolute atomic E-state index is 0.0888. The fourth-order valence-electron chi connectivity index (χ4n) is 4.55. The Labute approximate surface area is 176 Å². The summed E-state index contributed by atoms with van der Waals surface area (Å²) in [5, 5.41) is 2.70. The van der Waals surface area contributed by atoms with E-state index in [1.807, 2.05) is 32.1 Å². The highest BCUT2D eigenvalue weighted by atomic mass is 79.9. The number of ether oxygens (including phenoxy) is 1. The zero-order chi connectivity index (χ0) is 20.9. The van der Waals surface area contributed by atoms with Crippen molar-refractivity contribution in [1.82, 2.24) is 4.90 Å². The van der Waals surface area contributed by atoms with Crippen LogP contribution in [0.5, 0.6) is 0 Å². The van der Waals surface area contributed by atoms with Gasteiger partial charge in [-0.05, 0) is 55.4 Å². The topological polar surface area (TPSA) is 92.8 Å². The van der Waals surface area contributed by atoms with Crippen molar-refractivity contribution in [3.05, 3.63) is 39.9 Å². The molecule has 2 fully saturated rings. The number of rotatable bonds is 5. The number of hydrogen-bond acceptors (Lipinski definition) is 5. The molecule has 8 heteroatoms. The SMILES string of the molecule is Cc1c(Br)ccc(NC(=O)COC(=O)CN2C(=O)[C@H]3[C@H](C2=O)[C@H]2C=C[C@H]3C2)c1C.